The fraction of sp³-hybridized carbons (Fsp3) is 0.300. The van der Waals surface area contributed by atoms with E-state index in [4.69, 9.17) is 16.8 Å². The lowest BCUT2D eigenvalue weighted by atomic mass is 10.0. The van der Waals surface area contributed by atoms with Crippen molar-refractivity contribution in [2.75, 3.05) is 18.4 Å². The van der Waals surface area contributed by atoms with Crippen LogP contribution in [0.15, 0.2) is 48.7 Å². The van der Waals surface area contributed by atoms with Crippen LogP contribution in [0.3, 0.4) is 0 Å². The molecular weight excluding hydrogens is 364 g/mol. The van der Waals surface area contributed by atoms with Crippen LogP contribution in [0.25, 0.3) is 6.08 Å². The zero-order valence-corrected chi connectivity index (χ0v) is 15.7. The van der Waals surface area contributed by atoms with Gasteiger partial charge in [0.15, 0.2) is 0 Å². The number of likely N-dealkylation sites (tertiary alicyclic amines) is 1. The average molecular weight is 387 g/mol. The number of carbonyl (C=O) groups is 1. The smallest absolute Gasteiger partial charge is 0.267 e. The van der Waals surface area contributed by atoms with Gasteiger partial charge >= 0.3 is 0 Å². The van der Waals surface area contributed by atoms with E-state index < -0.39 is 5.91 Å². The summed E-state index contributed by atoms with van der Waals surface area (Å²) in [5.74, 6) is 0.0533. The Morgan fingerprint density at radius 2 is 2.04 bits per heavy atom. The number of amides is 1. The number of rotatable bonds is 6. The van der Waals surface area contributed by atoms with Crippen LogP contribution in [0.5, 0.6) is 0 Å². The van der Waals surface area contributed by atoms with Gasteiger partial charge in [-0.3, -0.25) is 14.9 Å². The minimum Gasteiger partial charge on any atom is -0.366 e. The Bertz CT molecular complexity index is 790. The first-order chi connectivity index (χ1) is 13.1. The molecule has 0 spiro atoms. The molecule has 1 aliphatic rings. The summed E-state index contributed by atoms with van der Waals surface area (Å²) < 4.78 is 0. The number of nitrogens with zero attached hydrogens (tertiary/aromatic N) is 2. The van der Waals surface area contributed by atoms with E-state index in [1.165, 1.54) is 23.2 Å². The van der Waals surface area contributed by atoms with E-state index in [-0.39, 0.29) is 0 Å². The SMILES string of the molecule is O=C(/C=C/c1cnc(NC2CCN(Cc3ccccc3)CC2)c(Cl)c1)NO. The van der Waals surface area contributed by atoms with E-state index in [1.54, 1.807) is 12.3 Å². The summed E-state index contributed by atoms with van der Waals surface area (Å²) in [6.07, 6.45) is 6.45. The molecule has 3 rings (SSSR count). The maximum Gasteiger partial charge on any atom is 0.267 e. The maximum atomic E-state index is 11.0. The molecule has 2 aromatic rings. The number of piperidine rings is 1. The molecule has 1 amide bonds. The van der Waals surface area contributed by atoms with Gasteiger partial charge in [0, 0.05) is 37.9 Å². The second kappa shape index (κ2) is 9.50. The van der Waals surface area contributed by atoms with E-state index >= 15 is 0 Å². The number of nitrogens with one attached hydrogen (secondary N) is 2. The van der Waals surface area contributed by atoms with Gasteiger partial charge in [-0.1, -0.05) is 41.9 Å². The molecule has 27 heavy (non-hydrogen) atoms. The number of halogens is 1. The third-order valence-electron chi connectivity index (χ3n) is 4.58. The van der Waals surface area contributed by atoms with Gasteiger partial charge in [0.2, 0.25) is 0 Å². The van der Waals surface area contributed by atoms with Gasteiger partial charge in [-0.05, 0) is 36.1 Å². The Labute approximate surface area is 163 Å². The van der Waals surface area contributed by atoms with Crippen LogP contribution in [0.4, 0.5) is 5.82 Å². The van der Waals surface area contributed by atoms with Crippen molar-refractivity contribution < 1.29 is 10.0 Å². The first-order valence-electron chi connectivity index (χ1n) is 8.94. The van der Waals surface area contributed by atoms with Crippen LogP contribution in [0, 0.1) is 0 Å². The largest absolute Gasteiger partial charge is 0.366 e. The van der Waals surface area contributed by atoms with Crippen molar-refractivity contribution in [3.8, 4) is 0 Å². The summed E-state index contributed by atoms with van der Waals surface area (Å²) in [4.78, 5) is 17.8. The lowest BCUT2D eigenvalue weighted by Gasteiger charge is -2.32. The van der Waals surface area contributed by atoms with E-state index in [0.29, 0.717) is 22.4 Å². The number of benzene rings is 1. The number of anilines is 1. The van der Waals surface area contributed by atoms with Crippen LogP contribution in [0.1, 0.15) is 24.0 Å². The molecular formula is C20H23ClN4O2. The number of carbonyl (C=O) groups excluding carboxylic acids is 1. The fourth-order valence-corrected chi connectivity index (χ4v) is 3.36. The zero-order valence-electron chi connectivity index (χ0n) is 14.9. The molecule has 0 bridgehead atoms. The first-order valence-corrected chi connectivity index (χ1v) is 9.32. The van der Waals surface area contributed by atoms with Gasteiger partial charge in [0.05, 0.1) is 5.02 Å². The van der Waals surface area contributed by atoms with Crippen LogP contribution in [-0.4, -0.2) is 40.1 Å². The molecule has 0 aliphatic carbocycles. The average Bonchev–Trinajstić information content (AvgIpc) is 2.70. The standard InChI is InChI=1S/C20H23ClN4O2/c21-18-12-16(6-7-19(26)24-27)13-22-20(18)23-17-8-10-25(11-9-17)14-15-4-2-1-3-5-15/h1-7,12-13,17,27H,8-11,14H2,(H,22,23)(H,24,26)/b7-6+. The van der Waals surface area contributed by atoms with Crippen molar-refractivity contribution in [2.24, 2.45) is 0 Å². The van der Waals surface area contributed by atoms with E-state index in [2.05, 4.69) is 39.5 Å². The Hall–Kier alpha value is -2.41. The Balaban J connectivity index is 1.51. The second-order valence-corrected chi connectivity index (χ2v) is 7.00. The number of pyridine rings is 1. The monoisotopic (exact) mass is 386 g/mol. The predicted molar refractivity (Wildman–Crippen MR) is 107 cm³/mol. The number of aromatic nitrogens is 1. The van der Waals surface area contributed by atoms with Crippen LogP contribution < -0.4 is 10.8 Å². The lowest BCUT2D eigenvalue weighted by Crippen LogP contribution is -2.38. The maximum absolute atomic E-state index is 11.0. The Kier molecular flexibility index (Phi) is 6.81. The molecule has 3 N–H and O–H groups in total. The third-order valence-corrected chi connectivity index (χ3v) is 4.87. The molecule has 142 valence electrons. The molecule has 1 aliphatic heterocycles. The van der Waals surface area contributed by atoms with Gasteiger partial charge in [-0.15, -0.1) is 0 Å². The normalized spacial score (nSPS) is 15.8. The highest BCUT2D eigenvalue weighted by Gasteiger charge is 2.20. The topological polar surface area (TPSA) is 77.5 Å². The molecule has 0 atom stereocenters. The Morgan fingerprint density at radius 3 is 2.70 bits per heavy atom. The van der Waals surface area contributed by atoms with Gasteiger partial charge in [-0.25, -0.2) is 10.5 Å². The molecule has 7 heteroatoms. The van der Waals surface area contributed by atoms with Gasteiger partial charge in [-0.2, -0.15) is 0 Å². The molecule has 1 aromatic carbocycles. The number of hydrogen-bond acceptors (Lipinski definition) is 5. The molecule has 0 unspecified atom stereocenters. The summed E-state index contributed by atoms with van der Waals surface area (Å²) in [7, 11) is 0. The molecule has 0 radical (unpaired) electrons. The quantitative estimate of drug-likeness (QED) is 0.403. The highest BCUT2D eigenvalue weighted by atomic mass is 35.5. The summed E-state index contributed by atoms with van der Waals surface area (Å²) in [5.41, 5.74) is 3.57. The number of hydroxylamine groups is 1. The molecule has 2 heterocycles. The summed E-state index contributed by atoms with van der Waals surface area (Å²) in [6, 6.07) is 12.6. The molecule has 0 saturated carbocycles. The van der Waals surface area contributed by atoms with Crippen molar-refractivity contribution in [3.63, 3.8) is 0 Å². The molecule has 1 fully saturated rings. The van der Waals surface area contributed by atoms with Crippen molar-refractivity contribution in [1.29, 1.82) is 0 Å². The third kappa shape index (κ3) is 5.79. The molecule has 1 saturated heterocycles. The van der Waals surface area contributed by atoms with E-state index in [9.17, 15) is 4.79 Å². The van der Waals surface area contributed by atoms with E-state index in [1.807, 2.05) is 6.07 Å². The van der Waals surface area contributed by atoms with Crippen molar-refractivity contribution in [2.45, 2.75) is 25.4 Å². The van der Waals surface area contributed by atoms with Crippen molar-refractivity contribution >= 4 is 29.4 Å². The summed E-state index contributed by atoms with van der Waals surface area (Å²) >= 11 is 6.31. The summed E-state index contributed by atoms with van der Waals surface area (Å²) in [5, 5.41) is 12.4. The van der Waals surface area contributed by atoms with Crippen molar-refractivity contribution in [3.05, 3.63) is 64.8 Å². The predicted octanol–water partition coefficient (Wildman–Crippen LogP) is 3.33. The van der Waals surface area contributed by atoms with Gasteiger partial charge in [0.25, 0.3) is 5.91 Å². The van der Waals surface area contributed by atoms with Gasteiger partial charge < -0.3 is 5.32 Å². The van der Waals surface area contributed by atoms with Crippen LogP contribution >= 0.6 is 11.6 Å². The molecule has 1 aromatic heterocycles. The second-order valence-electron chi connectivity index (χ2n) is 6.59. The molecule has 6 nitrogen and oxygen atoms in total. The van der Waals surface area contributed by atoms with Crippen molar-refractivity contribution in [1.82, 2.24) is 15.4 Å². The minimum atomic E-state index is -0.601. The summed E-state index contributed by atoms with van der Waals surface area (Å²) in [6.45, 7) is 3.04. The van der Waals surface area contributed by atoms with Crippen LogP contribution in [0.2, 0.25) is 5.02 Å². The Morgan fingerprint density at radius 1 is 1.30 bits per heavy atom. The minimum absolute atomic E-state index is 0.337. The van der Waals surface area contributed by atoms with Crippen LogP contribution in [-0.2, 0) is 11.3 Å². The lowest BCUT2D eigenvalue weighted by molar-refractivity contribution is -0.124. The highest BCUT2D eigenvalue weighted by molar-refractivity contribution is 6.33. The van der Waals surface area contributed by atoms with Gasteiger partial charge in [0.1, 0.15) is 5.82 Å². The fourth-order valence-electron chi connectivity index (χ4n) is 3.13. The van der Waals surface area contributed by atoms with E-state index in [0.717, 1.165) is 32.5 Å². The first kappa shape index (κ1) is 19.4. The zero-order chi connectivity index (χ0) is 19.1. The highest BCUT2D eigenvalue weighted by Crippen LogP contribution is 2.24. The number of hydrogen-bond donors (Lipinski definition) is 3.